The van der Waals surface area contributed by atoms with E-state index < -0.39 is 5.97 Å². The standard InChI is InChI=1S/C33H28ClN5O3S/c1-18-22(4-2-5-23(18)32-38-26-8-10-36-15-28(26)43-32)24-6-3-7-25(29(24)34)31-37-27-13-19(12-21(14-35)30(27)42-31)16-39-11-9-20(17-39)33(40)41/h2-7,12-13,20,36H,8-11,15-17H2,1H3,(H,40,41). The number of aliphatic carboxylic acids is 1. The van der Waals surface area contributed by atoms with E-state index in [4.69, 9.17) is 26.0 Å². The first-order valence-corrected chi connectivity index (χ1v) is 15.5. The van der Waals surface area contributed by atoms with E-state index in [2.05, 4.69) is 35.3 Å². The SMILES string of the molecule is Cc1c(-c2nc3c(s2)CNCC3)cccc1-c1cccc(-c2nc3cc(CN4CCC(C(=O)O)C4)cc(C#N)c3o2)c1Cl. The monoisotopic (exact) mass is 609 g/mol. The van der Waals surface area contributed by atoms with E-state index in [0.29, 0.717) is 59.2 Å². The second-order valence-corrected chi connectivity index (χ2v) is 12.6. The number of carbonyl (C=O) groups is 1. The van der Waals surface area contributed by atoms with Crippen LogP contribution in [0.5, 0.6) is 0 Å². The molecule has 0 bridgehead atoms. The number of halogens is 1. The van der Waals surface area contributed by atoms with Gasteiger partial charge in [0.05, 0.1) is 27.8 Å². The average molecular weight is 610 g/mol. The van der Waals surface area contributed by atoms with Crippen LogP contribution in [0.15, 0.2) is 52.9 Å². The lowest BCUT2D eigenvalue weighted by molar-refractivity contribution is -0.141. The molecule has 8 nitrogen and oxygen atoms in total. The molecule has 1 fully saturated rings. The van der Waals surface area contributed by atoms with Crippen molar-refractivity contribution in [2.75, 3.05) is 19.6 Å². The van der Waals surface area contributed by atoms with Crippen LogP contribution in [0, 0.1) is 24.2 Å². The maximum Gasteiger partial charge on any atom is 0.307 e. The summed E-state index contributed by atoms with van der Waals surface area (Å²) in [6.07, 6.45) is 1.57. The fourth-order valence-electron chi connectivity index (χ4n) is 6.12. The number of nitriles is 1. The fourth-order valence-corrected chi connectivity index (χ4v) is 7.59. The summed E-state index contributed by atoms with van der Waals surface area (Å²) >= 11 is 8.82. The van der Waals surface area contributed by atoms with E-state index in [0.717, 1.165) is 52.3 Å². The van der Waals surface area contributed by atoms with Crippen molar-refractivity contribution < 1.29 is 14.3 Å². The highest BCUT2D eigenvalue weighted by Crippen LogP contribution is 2.41. The van der Waals surface area contributed by atoms with Crippen molar-refractivity contribution in [3.05, 3.63) is 80.8 Å². The molecule has 1 atom stereocenters. The zero-order valence-corrected chi connectivity index (χ0v) is 25.1. The van der Waals surface area contributed by atoms with Crippen molar-refractivity contribution in [3.8, 4) is 39.2 Å². The van der Waals surface area contributed by atoms with Crippen molar-refractivity contribution in [1.82, 2.24) is 20.2 Å². The zero-order chi connectivity index (χ0) is 29.7. The number of nitrogens with one attached hydrogen (secondary N) is 1. The molecule has 5 aromatic rings. The van der Waals surface area contributed by atoms with Crippen LogP contribution in [0.3, 0.4) is 0 Å². The Morgan fingerprint density at radius 3 is 2.74 bits per heavy atom. The Labute approximate surface area is 257 Å². The number of oxazole rings is 1. The van der Waals surface area contributed by atoms with Gasteiger partial charge < -0.3 is 14.8 Å². The molecule has 43 heavy (non-hydrogen) atoms. The van der Waals surface area contributed by atoms with Crippen LogP contribution >= 0.6 is 22.9 Å². The van der Waals surface area contributed by atoms with Gasteiger partial charge in [-0.2, -0.15) is 5.26 Å². The maximum absolute atomic E-state index is 11.4. The number of carboxylic acids is 1. The van der Waals surface area contributed by atoms with E-state index in [1.165, 1.54) is 10.6 Å². The van der Waals surface area contributed by atoms with Crippen LogP contribution in [0.4, 0.5) is 0 Å². The fraction of sp³-hybridized carbons (Fsp3) is 0.273. The third-order valence-corrected chi connectivity index (χ3v) is 9.92. The molecule has 1 saturated heterocycles. The third kappa shape index (κ3) is 5.11. The Morgan fingerprint density at radius 2 is 1.98 bits per heavy atom. The van der Waals surface area contributed by atoms with E-state index in [9.17, 15) is 15.2 Å². The summed E-state index contributed by atoms with van der Waals surface area (Å²) in [6.45, 7) is 5.65. The Bertz CT molecular complexity index is 1920. The number of hydrogen-bond acceptors (Lipinski definition) is 8. The number of thiazole rings is 1. The number of rotatable bonds is 6. The lowest BCUT2D eigenvalue weighted by atomic mass is 9.95. The molecule has 2 N–H and O–H groups in total. The van der Waals surface area contributed by atoms with Gasteiger partial charge in [-0.1, -0.05) is 41.9 Å². The maximum atomic E-state index is 11.4. The van der Waals surface area contributed by atoms with Gasteiger partial charge in [0.25, 0.3) is 0 Å². The molecule has 0 saturated carbocycles. The molecule has 0 radical (unpaired) electrons. The third-order valence-electron chi connectivity index (χ3n) is 8.38. The molecule has 0 spiro atoms. The van der Waals surface area contributed by atoms with Crippen LogP contribution in [-0.4, -0.2) is 45.6 Å². The number of fused-ring (bicyclic) bond motifs is 2. The Morgan fingerprint density at radius 1 is 1.19 bits per heavy atom. The summed E-state index contributed by atoms with van der Waals surface area (Å²) in [5, 5.41) is 24.2. The molecule has 0 amide bonds. The minimum atomic E-state index is -0.766. The van der Waals surface area contributed by atoms with Gasteiger partial charge in [0.2, 0.25) is 5.89 Å². The number of hydrogen-bond donors (Lipinski definition) is 2. The first kappa shape index (κ1) is 27.7. The van der Waals surface area contributed by atoms with Gasteiger partial charge in [-0.3, -0.25) is 9.69 Å². The van der Waals surface area contributed by atoms with Crippen molar-refractivity contribution in [1.29, 1.82) is 5.26 Å². The Kier molecular flexibility index (Phi) is 7.23. The van der Waals surface area contributed by atoms with Gasteiger partial charge in [0, 0.05) is 48.6 Å². The highest BCUT2D eigenvalue weighted by Gasteiger charge is 2.28. The predicted octanol–water partition coefficient (Wildman–Crippen LogP) is 6.67. The lowest BCUT2D eigenvalue weighted by Gasteiger charge is -2.15. The smallest absolute Gasteiger partial charge is 0.307 e. The molecule has 7 rings (SSSR count). The van der Waals surface area contributed by atoms with Gasteiger partial charge in [-0.05, 0) is 54.8 Å². The lowest BCUT2D eigenvalue weighted by Crippen LogP contribution is -2.22. The van der Waals surface area contributed by atoms with Crippen molar-refractivity contribution >= 4 is 40.0 Å². The van der Waals surface area contributed by atoms with Crippen molar-refractivity contribution in [3.63, 3.8) is 0 Å². The topological polar surface area (TPSA) is 115 Å². The zero-order valence-electron chi connectivity index (χ0n) is 23.5. The first-order valence-electron chi connectivity index (χ1n) is 14.3. The summed E-state index contributed by atoms with van der Waals surface area (Å²) in [5.74, 6) is -0.783. The van der Waals surface area contributed by atoms with Crippen LogP contribution in [0.2, 0.25) is 5.02 Å². The van der Waals surface area contributed by atoms with Crippen LogP contribution in [-0.2, 0) is 24.3 Å². The molecule has 10 heteroatoms. The average Bonchev–Trinajstić information content (AvgIpc) is 3.75. The van der Waals surface area contributed by atoms with E-state index >= 15 is 0 Å². The molecule has 3 aromatic carbocycles. The van der Waals surface area contributed by atoms with Crippen LogP contribution in [0.1, 0.15) is 33.7 Å². The Balaban J connectivity index is 1.23. The molecule has 216 valence electrons. The Hall–Kier alpha value is -4.07. The highest BCUT2D eigenvalue weighted by molar-refractivity contribution is 7.15. The summed E-state index contributed by atoms with van der Waals surface area (Å²) in [5.41, 5.74) is 8.16. The minimum Gasteiger partial charge on any atom is -0.481 e. The molecule has 2 aromatic heterocycles. The summed E-state index contributed by atoms with van der Waals surface area (Å²) < 4.78 is 6.17. The highest BCUT2D eigenvalue weighted by atomic mass is 35.5. The number of likely N-dealkylation sites (tertiary alicyclic amines) is 1. The summed E-state index contributed by atoms with van der Waals surface area (Å²) in [4.78, 5) is 24.5. The molecule has 2 aliphatic heterocycles. The second kappa shape index (κ2) is 11.2. The van der Waals surface area contributed by atoms with E-state index in [-0.39, 0.29) is 5.92 Å². The summed E-state index contributed by atoms with van der Waals surface area (Å²) in [6, 6.07) is 18.0. The molecule has 1 unspecified atom stereocenters. The summed E-state index contributed by atoms with van der Waals surface area (Å²) in [7, 11) is 0. The van der Waals surface area contributed by atoms with Crippen LogP contribution in [0.25, 0.3) is 44.3 Å². The molecule has 4 heterocycles. The predicted molar refractivity (Wildman–Crippen MR) is 167 cm³/mol. The number of aromatic nitrogens is 2. The first-order chi connectivity index (χ1) is 20.9. The number of carboxylic acid groups (broad SMARTS) is 1. The van der Waals surface area contributed by atoms with Crippen LogP contribution < -0.4 is 5.32 Å². The quantitative estimate of drug-likeness (QED) is 0.219. The number of benzene rings is 3. The van der Waals surface area contributed by atoms with E-state index in [1.807, 2.05) is 30.3 Å². The normalized spacial score (nSPS) is 16.8. The van der Waals surface area contributed by atoms with Gasteiger partial charge in [-0.25, -0.2) is 9.97 Å². The molecule has 0 aliphatic carbocycles. The molecular weight excluding hydrogens is 582 g/mol. The van der Waals surface area contributed by atoms with Crippen molar-refractivity contribution in [2.45, 2.75) is 32.9 Å². The largest absolute Gasteiger partial charge is 0.481 e. The molecule has 2 aliphatic rings. The minimum absolute atomic E-state index is 0.344. The van der Waals surface area contributed by atoms with Crippen molar-refractivity contribution in [2.24, 2.45) is 5.92 Å². The van der Waals surface area contributed by atoms with Gasteiger partial charge >= 0.3 is 5.97 Å². The van der Waals surface area contributed by atoms with E-state index in [1.54, 1.807) is 17.4 Å². The number of nitrogens with zero attached hydrogens (tertiary/aromatic N) is 4. The van der Waals surface area contributed by atoms with Gasteiger partial charge in [0.1, 0.15) is 16.6 Å². The van der Waals surface area contributed by atoms with Gasteiger partial charge in [-0.15, -0.1) is 11.3 Å². The molecular formula is C33H28ClN5O3S. The second-order valence-electron chi connectivity index (χ2n) is 11.1. The van der Waals surface area contributed by atoms with Gasteiger partial charge in [0.15, 0.2) is 5.58 Å².